The van der Waals surface area contributed by atoms with Crippen molar-refractivity contribution < 1.29 is 9.47 Å². The zero-order chi connectivity index (χ0) is 16.7. The first kappa shape index (κ1) is 17.6. The lowest BCUT2D eigenvalue weighted by molar-refractivity contribution is -0.0946. The van der Waals surface area contributed by atoms with E-state index in [2.05, 4.69) is 43.2 Å². The third-order valence-electron chi connectivity index (χ3n) is 3.86. The van der Waals surface area contributed by atoms with Gasteiger partial charge in [0.25, 0.3) is 0 Å². The maximum atomic E-state index is 5.49. The Labute approximate surface area is 139 Å². The molecule has 5 heteroatoms. The van der Waals surface area contributed by atoms with Crippen LogP contribution < -0.4 is 10.1 Å². The van der Waals surface area contributed by atoms with Crippen molar-refractivity contribution in [3.8, 4) is 5.75 Å². The van der Waals surface area contributed by atoms with Gasteiger partial charge in [-0.05, 0) is 31.5 Å². The molecule has 1 aromatic carbocycles. The average Bonchev–Trinajstić information content (AvgIpc) is 2.51. The summed E-state index contributed by atoms with van der Waals surface area (Å²) in [5.41, 5.74) is 1.43. The van der Waals surface area contributed by atoms with Crippen molar-refractivity contribution in [2.45, 2.75) is 27.3 Å². The van der Waals surface area contributed by atoms with Crippen molar-refractivity contribution in [3.05, 3.63) is 29.8 Å². The first-order chi connectivity index (χ1) is 11.1. The topological polar surface area (TPSA) is 46.1 Å². The Hall–Kier alpha value is -1.75. The second-order valence-electron chi connectivity index (χ2n) is 6.41. The van der Waals surface area contributed by atoms with Gasteiger partial charge in [0.15, 0.2) is 5.96 Å². The molecule has 0 atom stereocenters. The molecule has 0 bridgehead atoms. The van der Waals surface area contributed by atoms with Crippen LogP contribution in [0, 0.1) is 5.41 Å². The minimum absolute atomic E-state index is 0.195. The van der Waals surface area contributed by atoms with Gasteiger partial charge in [0.05, 0.1) is 26.4 Å². The number of hydrogen-bond donors (Lipinski definition) is 1. The fourth-order valence-corrected chi connectivity index (χ4v) is 2.48. The smallest absolute Gasteiger partial charge is 0.193 e. The summed E-state index contributed by atoms with van der Waals surface area (Å²) >= 11 is 0. The number of rotatable bonds is 7. The predicted molar refractivity (Wildman–Crippen MR) is 94.0 cm³/mol. The van der Waals surface area contributed by atoms with E-state index in [9.17, 15) is 0 Å². The van der Waals surface area contributed by atoms with E-state index >= 15 is 0 Å². The van der Waals surface area contributed by atoms with Crippen LogP contribution in [0.1, 0.15) is 26.3 Å². The molecular weight excluding hydrogens is 290 g/mol. The van der Waals surface area contributed by atoms with Gasteiger partial charge in [-0.1, -0.05) is 19.1 Å². The fourth-order valence-electron chi connectivity index (χ4n) is 2.48. The van der Waals surface area contributed by atoms with Crippen LogP contribution in [-0.2, 0) is 11.3 Å². The maximum absolute atomic E-state index is 5.49. The molecule has 0 aromatic heterocycles. The monoisotopic (exact) mass is 319 g/mol. The number of benzene rings is 1. The summed E-state index contributed by atoms with van der Waals surface area (Å²) in [7, 11) is 2.07. The number of guanidine groups is 1. The van der Waals surface area contributed by atoms with Crippen molar-refractivity contribution in [2.24, 2.45) is 10.4 Å². The van der Waals surface area contributed by atoms with Gasteiger partial charge < -0.3 is 19.7 Å². The fraction of sp³-hybridized carbons (Fsp3) is 0.611. The molecule has 5 nitrogen and oxygen atoms in total. The Balaban J connectivity index is 1.96. The number of hydrogen-bond acceptors (Lipinski definition) is 3. The molecule has 1 aromatic rings. The van der Waals surface area contributed by atoms with Gasteiger partial charge in [0, 0.05) is 25.6 Å². The summed E-state index contributed by atoms with van der Waals surface area (Å²) in [5.74, 6) is 1.85. The van der Waals surface area contributed by atoms with E-state index in [1.54, 1.807) is 0 Å². The molecule has 1 saturated heterocycles. The predicted octanol–water partition coefficient (Wildman–Crippen LogP) is 2.52. The van der Waals surface area contributed by atoms with Gasteiger partial charge in [0.1, 0.15) is 5.75 Å². The molecule has 1 N–H and O–H groups in total. The van der Waals surface area contributed by atoms with Gasteiger partial charge in [-0.2, -0.15) is 0 Å². The first-order valence-electron chi connectivity index (χ1n) is 8.35. The highest BCUT2D eigenvalue weighted by Crippen LogP contribution is 2.26. The molecule has 0 amide bonds. The number of nitrogens with one attached hydrogen (secondary N) is 1. The van der Waals surface area contributed by atoms with Crippen LogP contribution in [0.3, 0.4) is 0 Å². The van der Waals surface area contributed by atoms with Crippen LogP contribution >= 0.6 is 0 Å². The molecular formula is C18H29N3O2. The molecule has 0 saturated carbocycles. The molecule has 1 aliphatic heterocycles. The Morgan fingerprint density at radius 3 is 2.52 bits per heavy atom. The summed E-state index contributed by atoms with van der Waals surface area (Å²) in [4.78, 5) is 6.93. The minimum Gasteiger partial charge on any atom is -0.494 e. The summed E-state index contributed by atoms with van der Waals surface area (Å²) < 4.78 is 10.8. The highest BCUT2D eigenvalue weighted by atomic mass is 16.5. The highest BCUT2D eigenvalue weighted by molar-refractivity contribution is 5.79. The largest absolute Gasteiger partial charge is 0.494 e. The molecule has 23 heavy (non-hydrogen) atoms. The van der Waals surface area contributed by atoms with Gasteiger partial charge in [-0.3, -0.25) is 4.99 Å². The lowest BCUT2D eigenvalue weighted by atomic mass is 9.89. The summed E-state index contributed by atoms with van der Waals surface area (Å²) in [6, 6.07) is 8.24. The Bertz CT molecular complexity index is 510. The molecule has 1 fully saturated rings. The van der Waals surface area contributed by atoms with Crippen LogP contribution in [0.5, 0.6) is 5.75 Å². The Morgan fingerprint density at radius 2 is 2.00 bits per heavy atom. The number of nitrogens with zero attached hydrogens (tertiary/aromatic N) is 2. The molecule has 1 aliphatic rings. The van der Waals surface area contributed by atoms with Crippen LogP contribution in [-0.4, -0.2) is 50.8 Å². The van der Waals surface area contributed by atoms with E-state index in [1.807, 2.05) is 19.1 Å². The SMILES string of the molecule is CCNC(=NCC1(C)COC1)N(C)Cc1ccc(OCC)cc1. The lowest BCUT2D eigenvalue weighted by Gasteiger charge is -2.37. The number of ether oxygens (including phenoxy) is 2. The molecule has 0 unspecified atom stereocenters. The second kappa shape index (κ2) is 8.20. The van der Waals surface area contributed by atoms with Crippen LogP contribution in [0.4, 0.5) is 0 Å². The van der Waals surface area contributed by atoms with Gasteiger partial charge in [-0.15, -0.1) is 0 Å². The van der Waals surface area contributed by atoms with E-state index in [4.69, 9.17) is 14.5 Å². The third-order valence-corrected chi connectivity index (χ3v) is 3.86. The normalized spacial score (nSPS) is 16.6. The average molecular weight is 319 g/mol. The van der Waals surface area contributed by atoms with Gasteiger partial charge in [0.2, 0.25) is 0 Å². The molecule has 1 heterocycles. The first-order valence-corrected chi connectivity index (χ1v) is 8.35. The molecule has 128 valence electrons. The van der Waals surface area contributed by atoms with Gasteiger partial charge >= 0.3 is 0 Å². The van der Waals surface area contributed by atoms with E-state index in [-0.39, 0.29) is 5.41 Å². The lowest BCUT2D eigenvalue weighted by Crippen LogP contribution is -2.44. The summed E-state index contributed by atoms with van der Waals surface area (Å²) in [6.07, 6.45) is 0. The van der Waals surface area contributed by atoms with Crippen LogP contribution in [0.15, 0.2) is 29.3 Å². The summed E-state index contributed by atoms with van der Waals surface area (Å²) in [5, 5.41) is 3.37. The summed E-state index contributed by atoms with van der Waals surface area (Å²) in [6.45, 7) is 11.1. The number of aliphatic imine (C=N–C) groups is 1. The van der Waals surface area contributed by atoms with Crippen molar-refractivity contribution in [1.82, 2.24) is 10.2 Å². The molecule has 0 spiro atoms. The van der Waals surface area contributed by atoms with Crippen molar-refractivity contribution in [1.29, 1.82) is 0 Å². The van der Waals surface area contributed by atoms with E-state index in [1.165, 1.54) is 5.56 Å². The minimum atomic E-state index is 0.195. The van der Waals surface area contributed by atoms with Gasteiger partial charge in [-0.25, -0.2) is 0 Å². The standard InChI is InChI=1S/C18H29N3O2/c1-5-19-17(20-12-18(3)13-22-14-18)21(4)11-15-7-9-16(10-8-15)23-6-2/h7-10H,5-6,11-14H2,1-4H3,(H,19,20). The quantitative estimate of drug-likeness (QED) is 0.620. The van der Waals surface area contributed by atoms with E-state index < -0.39 is 0 Å². The van der Waals surface area contributed by atoms with Crippen molar-refractivity contribution >= 4 is 5.96 Å². The van der Waals surface area contributed by atoms with Crippen LogP contribution in [0.25, 0.3) is 0 Å². The van der Waals surface area contributed by atoms with E-state index in [0.29, 0.717) is 6.61 Å². The zero-order valence-electron chi connectivity index (χ0n) is 14.8. The molecule has 0 aliphatic carbocycles. The van der Waals surface area contributed by atoms with Crippen LogP contribution in [0.2, 0.25) is 0 Å². The highest BCUT2D eigenvalue weighted by Gasteiger charge is 2.33. The Morgan fingerprint density at radius 1 is 1.30 bits per heavy atom. The molecule has 2 rings (SSSR count). The van der Waals surface area contributed by atoms with Crippen molar-refractivity contribution in [3.63, 3.8) is 0 Å². The Kier molecular flexibility index (Phi) is 6.28. The maximum Gasteiger partial charge on any atom is 0.193 e. The second-order valence-corrected chi connectivity index (χ2v) is 6.41. The zero-order valence-corrected chi connectivity index (χ0v) is 14.8. The van der Waals surface area contributed by atoms with E-state index in [0.717, 1.165) is 44.6 Å². The molecule has 0 radical (unpaired) electrons. The third kappa shape index (κ3) is 5.13. The van der Waals surface area contributed by atoms with Crippen molar-refractivity contribution in [2.75, 3.05) is 40.0 Å².